The lowest BCUT2D eigenvalue weighted by Gasteiger charge is -2.24. The molecule has 0 amide bonds. The summed E-state index contributed by atoms with van der Waals surface area (Å²) in [5.41, 5.74) is 6.35. The molecule has 98 heavy (non-hydrogen) atoms. The molecule has 0 saturated carbocycles. The van der Waals surface area contributed by atoms with Crippen LogP contribution in [0.5, 0.6) is 0 Å². The van der Waals surface area contributed by atoms with E-state index in [0.717, 1.165) is 6.33 Å². The Morgan fingerprint density at radius 2 is 0.786 bits per heavy atom. The monoisotopic (exact) mass is 1480 g/mol. The van der Waals surface area contributed by atoms with E-state index in [2.05, 4.69) is 78.2 Å². The fraction of sp³-hybridized carbons (Fsp3) is 0.464. The Morgan fingerprint density at radius 3 is 1.10 bits per heavy atom. The standard InChI is InChI=1S/C18H17ClN4O7.C18H19N5O7.C18H18N4O8.2CH4.Cl3OP.FH/c2*1-8(24)27-6-12-14(28-9(2)25)15(29-10(3)26)18(30-12)23-5-11(20-4)13-16(19)21-7-22-17(13)23;1-8(23)27-6-12-14(28-9(2)24)15(29-10(3)25)18(30-12)22-5-11(19-4)13-16(22)20-7-21-17(13)26;;;1-5(2,3)4;/h5,7,12,14-15,18H,6H2,1-3H3;5,7,12,14-15,18H,6H2,1-3H3,(H2,19,21,22);5,7,12,14-15,18H,6H2,1-3H3,(H,20,21,26);2*1H4;;1H/t3*12?,14?,15-,18-;;;;/m111..../s1. The highest BCUT2D eigenvalue weighted by Crippen LogP contribution is 2.61. The molecule has 0 aromatic carbocycles. The number of H-pyrrole nitrogens is 1. The number of ether oxygens (including phenoxy) is 12. The molecular formula is C56H63Cl4FN13O23P. The van der Waals surface area contributed by atoms with Crippen LogP contribution < -0.4 is 11.3 Å². The van der Waals surface area contributed by atoms with Crippen LogP contribution in [0.15, 0.2) is 42.4 Å². The molecule has 0 radical (unpaired) electrons. The van der Waals surface area contributed by atoms with Crippen molar-refractivity contribution < 1.29 is 109 Å². The number of aromatic amines is 1. The number of nitrogens with two attached hydrogens (primary N) is 1. The molecule has 0 aliphatic carbocycles. The summed E-state index contributed by atoms with van der Waals surface area (Å²) in [6, 6.07) is 0. The molecule has 9 rings (SSSR count). The van der Waals surface area contributed by atoms with Crippen molar-refractivity contribution in [3.05, 3.63) is 87.3 Å². The van der Waals surface area contributed by atoms with Gasteiger partial charge in [-0.1, -0.05) is 26.5 Å². The Labute approximate surface area is 574 Å². The van der Waals surface area contributed by atoms with Crippen LogP contribution in [0.4, 0.5) is 27.6 Å². The third-order valence-electron chi connectivity index (χ3n) is 13.0. The summed E-state index contributed by atoms with van der Waals surface area (Å²) in [5, 5.41) is -2.51. The maximum absolute atomic E-state index is 12.2. The molecule has 3 fully saturated rings. The molecule has 6 aromatic heterocycles. The average Bonchev–Trinajstić information content (AvgIpc) is 1.62. The first-order valence-electron chi connectivity index (χ1n) is 27.1. The van der Waals surface area contributed by atoms with E-state index in [9.17, 15) is 52.5 Å². The predicted octanol–water partition coefficient (Wildman–Crippen LogP) is 7.68. The summed E-state index contributed by atoms with van der Waals surface area (Å²) in [5.74, 6) is -5.51. The van der Waals surface area contributed by atoms with Gasteiger partial charge in [0.2, 0.25) is 22.6 Å². The van der Waals surface area contributed by atoms with Gasteiger partial charge >= 0.3 is 58.9 Å². The van der Waals surface area contributed by atoms with E-state index in [1.54, 1.807) is 0 Å². The van der Waals surface area contributed by atoms with Crippen LogP contribution in [0.1, 0.15) is 95.9 Å². The summed E-state index contributed by atoms with van der Waals surface area (Å²) in [4.78, 5) is 149. The number of carbonyl (C=O) groups is 9. The fourth-order valence-corrected chi connectivity index (χ4v) is 10.0. The predicted molar refractivity (Wildman–Crippen MR) is 340 cm³/mol. The molecule has 3 aliphatic heterocycles. The number of nitrogens with zero attached hydrogens (tertiary/aromatic N) is 11. The Kier molecular flexibility index (Phi) is 30.4. The molecule has 12 atom stereocenters. The van der Waals surface area contributed by atoms with Gasteiger partial charge < -0.3 is 81.3 Å². The number of anilines is 1. The molecule has 9 heterocycles. The molecule has 530 valence electrons. The molecule has 6 aromatic rings. The average molecular weight is 1480 g/mol. The van der Waals surface area contributed by atoms with E-state index < -0.39 is 138 Å². The van der Waals surface area contributed by atoms with Gasteiger partial charge in [0.05, 0.1) is 42.2 Å². The summed E-state index contributed by atoms with van der Waals surface area (Å²) in [7, 11) is 0. The van der Waals surface area contributed by atoms with Crippen molar-refractivity contribution in [2.75, 3.05) is 25.6 Å². The normalized spacial score (nSPS) is 21.7. The van der Waals surface area contributed by atoms with E-state index in [4.69, 9.17) is 93.9 Å². The summed E-state index contributed by atoms with van der Waals surface area (Å²) in [6.07, 6.45) is -4.82. The van der Waals surface area contributed by atoms with Crippen molar-refractivity contribution in [3.63, 3.8) is 0 Å². The molecule has 6 unspecified atom stereocenters. The van der Waals surface area contributed by atoms with Gasteiger partial charge in [-0.2, -0.15) is 0 Å². The first kappa shape index (κ1) is 82.6. The van der Waals surface area contributed by atoms with Crippen molar-refractivity contribution >= 4 is 160 Å². The summed E-state index contributed by atoms with van der Waals surface area (Å²) in [6.45, 7) is 32.1. The largest absolute Gasteiger partial charge is 0.463 e. The van der Waals surface area contributed by atoms with Crippen LogP contribution in [-0.4, -0.2) is 172 Å². The Morgan fingerprint density at radius 1 is 0.500 bits per heavy atom. The number of rotatable bonds is 15. The minimum atomic E-state index is -3.22. The fourth-order valence-electron chi connectivity index (χ4n) is 9.78. The number of hydrogen-bond acceptors (Lipinski definition) is 29. The van der Waals surface area contributed by atoms with E-state index >= 15 is 0 Å². The lowest BCUT2D eigenvalue weighted by Crippen LogP contribution is -2.40. The lowest BCUT2D eigenvalue weighted by atomic mass is 10.1. The van der Waals surface area contributed by atoms with Gasteiger partial charge in [0.15, 0.2) is 55.3 Å². The van der Waals surface area contributed by atoms with E-state index in [-0.39, 0.29) is 89.7 Å². The molecule has 0 bridgehead atoms. The van der Waals surface area contributed by atoms with Gasteiger partial charge in [0.25, 0.3) is 0 Å². The van der Waals surface area contributed by atoms with Crippen LogP contribution in [0.2, 0.25) is 5.15 Å². The van der Waals surface area contributed by atoms with Crippen LogP contribution >= 0.6 is 50.5 Å². The van der Waals surface area contributed by atoms with Gasteiger partial charge in [-0.05, 0) is 33.7 Å². The number of hydrogen-bond donors (Lipinski definition) is 2. The highest BCUT2D eigenvalue weighted by molar-refractivity contribution is 8.24. The highest BCUT2D eigenvalue weighted by Gasteiger charge is 2.54. The summed E-state index contributed by atoms with van der Waals surface area (Å²) >= 11 is 20.0. The Hall–Kier alpha value is -9.64. The Balaban J connectivity index is 0.000000364. The van der Waals surface area contributed by atoms with Crippen molar-refractivity contribution in [3.8, 4) is 0 Å². The zero-order chi connectivity index (χ0) is 70.5. The zero-order valence-corrected chi connectivity index (χ0v) is 55.2. The molecule has 0 spiro atoms. The number of halogens is 5. The smallest absolute Gasteiger partial charge is 0.339 e. The minimum Gasteiger partial charge on any atom is -0.463 e. The van der Waals surface area contributed by atoms with Crippen LogP contribution in [-0.2, 0) is 105 Å². The zero-order valence-electron chi connectivity index (χ0n) is 51.3. The highest BCUT2D eigenvalue weighted by atomic mass is 36.0. The molecule has 3 aliphatic rings. The maximum atomic E-state index is 12.2. The molecule has 36 nitrogen and oxygen atoms in total. The number of esters is 9. The van der Waals surface area contributed by atoms with Crippen molar-refractivity contribution in [1.29, 1.82) is 0 Å². The number of nitrogens with one attached hydrogen (secondary N) is 1. The quantitative estimate of drug-likeness (QED) is 0.0327. The van der Waals surface area contributed by atoms with Gasteiger partial charge in [-0.25, -0.2) is 39.5 Å². The maximum Gasteiger partial charge on any atom is 0.339 e. The van der Waals surface area contributed by atoms with Gasteiger partial charge in [0.1, 0.15) is 78.7 Å². The summed E-state index contributed by atoms with van der Waals surface area (Å²) < 4.78 is 78.7. The number of carbonyl (C=O) groups excluding carboxylic acids is 9. The Bertz CT molecular complexity index is 4030. The van der Waals surface area contributed by atoms with E-state index in [0.29, 0.717) is 10.8 Å². The SMILES string of the molecule is C.C.F.O=P(Cl)(Cl)Cl.[C-]#[N+]c1cn([C@@H]2OC(COC(C)=O)C(OC(C)=O)[C@H]2OC(C)=O)c2nc[nH]c(=O)c12.[C-]#[N+]c1cn([C@@H]2OC(COC(C)=O)C(OC(C)=O)[C@H]2OC(C)=O)c2ncnc(Cl)c12.[C-]#[N+]c1cn([C@@H]2OC(COC(C)=O)C(OC(C)=O)[C@H]2OC(C)=O)c2ncnc(N)c12. The van der Waals surface area contributed by atoms with Crippen molar-refractivity contribution in [1.82, 2.24) is 43.6 Å². The molecule has 3 N–H and O–H groups in total. The number of nitrogen functional groups attached to an aromatic ring is 1. The van der Waals surface area contributed by atoms with E-state index in [1.165, 1.54) is 107 Å². The van der Waals surface area contributed by atoms with Gasteiger partial charge in [-0.15, -0.1) is 0 Å². The third-order valence-corrected chi connectivity index (χ3v) is 13.2. The molecule has 42 heteroatoms. The second-order valence-corrected chi connectivity index (χ2v) is 26.8. The van der Waals surface area contributed by atoms with Gasteiger partial charge in [0, 0.05) is 80.9 Å². The topological polar surface area (TPSA) is 433 Å². The van der Waals surface area contributed by atoms with Crippen molar-refractivity contribution in [2.45, 2.75) is 151 Å². The van der Waals surface area contributed by atoms with Crippen LogP contribution in [0, 0.1) is 19.7 Å². The second-order valence-electron chi connectivity index (χ2n) is 19.8. The first-order chi connectivity index (χ1) is 44.7. The number of fused-ring (bicyclic) bond motifs is 3. The molecular weight excluding hydrogens is 1410 g/mol. The van der Waals surface area contributed by atoms with Crippen molar-refractivity contribution in [2.24, 2.45) is 0 Å². The van der Waals surface area contributed by atoms with Crippen LogP contribution in [0.3, 0.4) is 0 Å². The van der Waals surface area contributed by atoms with E-state index in [1.807, 2.05) is 0 Å². The van der Waals surface area contributed by atoms with Crippen LogP contribution in [0.25, 0.3) is 47.6 Å². The third kappa shape index (κ3) is 20.9. The van der Waals surface area contributed by atoms with Gasteiger partial charge in [-0.3, -0.25) is 57.2 Å². The number of aromatic nitrogens is 9. The molecule has 3 saturated heterocycles. The minimum absolute atomic E-state index is 0. The lowest BCUT2D eigenvalue weighted by molar-refractivity contribution is -0.166. The first-order valence-corrected chi connectivity index (χ1v) is 31.9. The second kappa shape index (κ2) is 36.1.